The first-order valence-corrected chi connectivity index (χ1v) is 7.38. The third kappa shape index (κ3) is 3.92. The van der Waals surface area contributed by atoms with Crippen molar-refractivity contribution in [3.8, 4) is 5.75 Å². The molecular formula is C12H17NO6S. The van der Waals surface area contributed by atoms with Crippen molar-refractivity contribution in [1.29, 1.82) is 0 Å². The largest absolute Gasteiger partial charge is 0.507 e. The average molecular weight is 303 g/mol. The van der Waals surface area contributed by atoms with Crippen LogP contribution in [0.3, 0.4) is 0 Å². The minimum absolute atomic E-state index is 0.0305. The summed E-state index contributed by atoms with van der Waals surface area (Å²) in [5, 5.41) is 27.4. The van der Waals surface area contributed by atoms with Crippen molar-refractivity contribution in [2.24, 2.45) is 0 Å². The van der Waals surface area contributed by atoms with Gasteiger partial charge in [-0.25, -0.2) is 17.9 Å². The second-order valence-electron chi connectivity index (χ2n) is 4.48. The quantitative estimate of drug-likeness (QED) is 0.605. The highest BCUT2D eigenvalue weighted by Crippen LogP contribution is 2.25. The normalized spacial score (nSPS) is 13.2. The van der Waals surface area contributed by atoms with Gasteiger partial charge in [0.15, 0.2) is 0 Å². The van der Waals surface area contributed by atoms with Crippen LogP contribution in [-0.4, -0.2) is 42.4 Å². The van der Waals surface area contributed by atoms with Crippen LogP contribution in [0.2, 0.25) is 0 Å². The van der Waals surface area contributed by atoms with E-state index in [2.05, 4.69) is 4.72 Å². The maximum Gasteiger partial charge on any atom is 0.339 e. The van der Waals surface area contributed by atoms with Gasteiger partial charge in [0.2, 0.25) is 10.0 Å². The summed E-state index contributed by atoms with van der Waals surface area (Å²) < 4.78 is 26.4. The number of rotatable bonds is 6. The fourth-order valence-electron chi connectivity index (χ4n) is 1.61. The fraction of sp³-hybridized carbons (Fsp3) is 0.417. The zero-order valence-electron chi connectivity index (χ0n) is 11.1. The highest BCUT2D eigenvalue weighted by Gasteiger charge is 2.21. The van der Waals surface area contributed by atoms with Gasteiger partial charge < -0.3 is 15.3 Å². The molecule has 0 bridgehead atoms. The number of phenols is 1. The molecule has 112 valence electrons. The Labute approximate surface area is 116 Å². The standard InChI is InChI=1S/C12H17NO6S/c1-7-5-10(15)9(12(16)17)6-11(7)20(18,19)13-4-3-8(2)14/h5-6,8,13-15H,3-4H2,1-2H3,(H,16,17). The van der Waals surface area contributed by atoms with E-state index >= 15 is 0 Å². The number of carboxylic acid groups (broad SMARTS) is 1. The molecule has 0 saturated heterocycles. The molecule has 0 aliphatic carbocycles. The number of aromatic hydroxyl groups is 1. The Balaban J connectivity index is 3.11. The lowest BCUT2D eigenvalue weighted by molar-refractivity contribution is 0.0693. The van der Waals surface area contributed by atoms with E-state index < -0.39 is 33.4 Å². The van der Waals surface area contributed by atoms with Gasteiger partial charge in [-0.3, -0.25) is 0 Å². The molecule has 1 unspecified atom stereocenters. The summed E-state index contributed by atoms with van der Waals surface area (Å²) in [4.78, 5) is 10.7. The Hall–Kier alpha value is -1.64. The van der Waals surface area contributed by atoms with E-state index in [1.807, 2.05) is 0 Å². The van der Waals surface area contributed by atoms with Crippen LogP contribution >= 0.6 is 0 Å². The predicted molar refractivity (Wildman–Crippen MR) is 71.3 cm³/mol. The van der Waals surface area contributed by atoms with Crippen molar-refractivity contribution in [2.75, 3.05) is 6.54 Å². The van der Waals surface area contributed by atoms with E-state index in [9.17, 15) is 18.3 Å². The third-order valence-electron chi connectivity index (χ3n) is 2.67. The molecule has 0 fully saturated rings. The molecule has 0 saturated carbocycles. The number of benzene rings is 1. The van der Waals surface area contributed by atoms with Crippen LogP contribution in [0.4, 0.5) is 0 Å². The molecule has 0 heterocycles. The molecule has 4 N–H and O–H groups in total. The number of hydrogen-bond donors (Lipinski definition) is 4. The van der Waals surface area contributed by atoms with Gasteiger partial charge in [0.05, 0.1) is 11.0 Å². The number of aryl methyl sites for hydroxylation is 1. The van der Waals surface area contributed by atoms with Gasteiger partial charge in [0.1, 0.15) is 11.3 Å². The maximum absolute atomic E-state index is 12.1. The zero-order chi connectivity index (χ0) is 15.5. The van der Waals surface area contributed by atoms with E-state index in [0.29, 0.717) is 0 Å². The molecule has 8 heteroatoms. The Kier molecular flexibility index (Phi) is 5.09. The lowest BCUT2D eigenvalue weighted by atomic mass is 10.1. The first-order valence-electron chi connectivity index (χ1n) is 5.89. The smallest absolute Gasteiger partial charge is 0.339 e. The number of aliphatic hydroxyl groups excluding tert-OH is 1. The highest BCUT2D eigenvalue weighted by molar-refractivity contribution is 7.89. The molecule has 1 aromatic carbocycles. The first kappa shape index (κ1) is 16.4. The third-order valence-corrected chi connectivity index (χ3v) is 4.27. The number of nitrogens with one attached hydrogen (secondary N) is 1. The van der Waals surface area contributed by atoms with E-state index in [4.69, 9.17) is 10.2 Å². The molecular weight excluding hydrogens is 286 g/mol. The number of hydrogen-bond acceptors (Lipinski definition) is 5. The van der Waals surface area contributed by atoms with Crippen molar-refractivity contribution in [1.82, 2.24) is 4.72 Å². The van der Waals surface area contributed by atoms with Crippen LogP contribution in [0.1, 0.15) is 29.3 Å². The molecule has 0 spiro atoms. The van der Waals surface area contributed by atoms with Crippen LogP contribution in [0.5, 0.6) is 5.75 Å². The van der Waals surface area contributed by atoms with Crippen molar-refractivity contribution in [3.05, 3.63) is 23.3 Å². The van der Waals surface area contributed by atoms with Crippen LogP contribution in [-0.2, 0) is 10.0 Å². The Morgan fingerprint density at radius 3 is 2.50 bits per heavy atom. The van der Waals surface area contributed by atoms with Gasteiger partial charge in [-0.2, -0.15) is 0 Å². The number of aliphatic hydroxyl groups is 1. The monoisotopic (exact) mass is 303 g/mol. The number of sulfonamides is 1. The van der Waals surface area contributed by atoms with E-state index in [0.717, 1.165) is 12.1 Å². The number of aromatic carboxylic acids is 1. The van der Waals surface area contributed by atoms with Gasteiger partial charge in [-0.1, -0.05) is 0 Å². The molecule has 1 aromatic rings. The maximum atomic E-state index is 12.1. The SMILES string of the molecule is Cc1cc(O)c(C(=O)O)cc1S(=O)(=O)NCCC(C)O. The lowest BCUT2D eigenvalue weighted by Gasteiger charge is -2.11. The van der Waals surface area contributed by atoms with Gasteiger partial charge in [0, 0.05) is 6.54 Å². The molecule has 0 aliphatic heterocycles. The average Bonchev–Trinajstić information content (AvgIpc) is 2.26. The summed E-state index contributed by atoms with van der Waals surface area (Å²) in [5.74, 6) is -1.90. The second-order valence-corrected chi connectivity index (χ2v) is 6.21. The summed E-state index contributed by atoms with van der Waals surface area (Å²) >= 11 is 0. The van der Waals surface area contributed by atoms with Crippen molar-refractivity contribution in [3.63, 3.8) is 0 Å². The number of carboxylic acids is 1. The number of carbonyl (C=O) groups is 1. The molecule has 0 radical (unpaired) electrons. The van der Waals surface area contributed by atoms with Gasteiger partial charge in [-0.15, -0.1) is 0 Å². The Morgan fingerprint density at radius 2 is 2.00 bits per heavy atom. The van der Waals surface area contributed by atoms with Gasteiger partial charge in [-0.05, 0) is 38.0 Å². The van der Waals surface area contributed by atoms with Crippen LogP contribution in [0.25, 0.3) is 0 Å². The van der Waals surface area contributed by atoms with Crippen molar-refractivity contribution in [2.45, 2.75) is 31.3 Å². The predicted octanol–water partition coefficient (Wildman–Crippen LogP) is 0.448. The molecule has 1 rings (SSSR count). The summed E-state index contributed by atoms with van der Waals surface area (Å²) in [6.07, 6.45) is -0.407. The van der Waals surface area contributed by atoms with Gasteiger partial charge >= 0.3 is 5.97 Å². The molecule has 0 amide bonds. The fourth-order valence-corrected chi connectivity index (χ4v) is 2.91. The molecule has 20 heavy (non-hydrogen) atoms. The molecule has 0 aromatic heterocycles. The Morgan fingerprint density at radius 1 is 1.40 bits per heavy atom. The molecule has 1 atom stereocenters. The summed E-state index contributed by atoms with van der Waals surface area (Å²) in [7, 11) is -3.89. The minimum Gasteiger partial charge on any atom is -0.507 e. The van der Waals surface area contributed by atoms with Crippen molar-refractivity contribution >= 4 is 16.0 Å². The molecule has 7 nitrogen and oxygen atoms in total. The summed E-state index contributed by atoms with van der Waals surface area (Å²) in [6, 6.07) is 2.00. The van der Waals surface area contributed by atoms with E-state index in [1.54, 1.807) is 0 Å². The molecule has 0 aliphatic rings. The van der Waals surface area contributed by atoms with Crippen LogP contribution in [0, 0.1) is 6.92 Å². The lowest BCUT2D eigenvalue weighted by Crippen LogP contribution is -2.27. The Bertz CT molecular complexity index is 609. The van der Waals surface area contributed by atoms with Crippen molar-refractivity contribution < 1.29 is 28.5 Å². The zero-order valence-corrected chi connectivity index (χ0v) is 11.9. The summed E-state index contributed by atoms with van der Waals surface area (Å²) in [5.41, 5.74) is -0.247. The summed E-state index contributed by atoms with van der Waals surface area (Å²) in [6.45, 7) is 3.01. The minimum atomic E-state index is -3.89. The highest BCUT2D eigenvalue weighted by atomic mass is 32.2. The van der Waals surface area contributed by atoms with Crippen LogP contribution in [0.15, 0.2) is 17.0 Å². The van der Waals surface area contributed by atoms with E-state index in [1.165, 1.54) is 13.8 Å². The topological polar surface area (TPSA) is 124 Å². The van der Waals surface area contributed by atoms with E-state index in [-0.39, 0.29) is 23.4 Å². The first-order chi connectivity index (χ1) is 9.15. The second kappa shape index (κ2) is 6.21. The van der Waals surface area contributed by atoms with Gasteiger partial charge in [0.25, 0.3) is 0 Å². The van der Waals surface area contributed by atoms with Crippen LogP contribution < -0.4 is 4.72 Å².